The molecule has 1 aliphatic rings. The normalized spacial score (nSPS) is 18.2. The Morgan fingerprint density at radius 3 is 3.05 bits per heavy atom. The van der Waals surface area contributed by atoms with E-state index in [4.69, 9.17) is 0 Å². The molecule has 0 spiro atoms. The number of hydrogen-bond acceptors (Lipinski definition) is 2. The first kappa shape index (κ1) is 13.6. The maximum Gasteiger partial charge on any atom is 0.227 e. The molecule has 1 fully saturated rings. The molecular weight excluding hydrogens is 292 g/mol. The second kappa shape index (κ2) is 5.61. The number of para-hydroxylation sites is 1. The Bertz CT molecular complexity index is 790. The zero-order chi connectivity index (χ0) is 14.9. The van der Waals surface area contributed by atoms with E-state index in [9.17, 15) is 4.79 Å². The number of nitrogens with zero attached hydrogens (tertiary/aromatic N) is 1. The number of H-pyrrole nitrogens is 1. The van der Waals surface area contributed by atoms with Crippen molar-refractivity contribution in [3.63, 3.8) is 0 Å². The molecule has 3 aromatic rings. The zero-order valence-electron chi connectivity index (χ0n) is 12.3. The molecule has 112 valence electrons. The van der Waals surface area contributed by atoms with Crippen LogP contribution >= 0.6 is 11.3 Å². The fourth-order valence-corrected chi connectivity index (χ4v) is 4.26. The van der Waals surface area contributed by atoms with Crippen LogP contribution in [0.25, 0.3) is 10.9 Å². The van der Waals surface area contributed by atoms with Gasteiger partial charge in [0, 0.05) is 28.5 Å². The van der Waals surface area contributed by atoms with Gasteiger partial charge in [-0.15, -0.1) is 11.3 Å². The number of amides is 1. The summed E-state index contributed by atoms with van der Waals surface area (Å²) in [6, 6.07) is 12.7. The monoisotopic (exact) mass is 310 g/mol. The van der Waals surface area contributed by atoms with Gasteiger partial charge in [-0.25, -0.2) is 0 Å². The number of hydrogen-bond donors (Lipinski definition) is 1. The molecule has 4 heteroatoms. The molecular formula is C18H18N2OS. The molecule has 3 nitrogen and oxygen atoms in total. The van der Waals surface area contributed by atoms with Crippen molar-refractivity contribution in [2.45, 2.75) is 25.3 Å². The van der Waals surface area contributed by atoms with Crippen LogP contribution in [0.5, 0.6) is 0 Å². The highest BCUT2D eigenvalue weighted by Crippen LogP contribution is 2.35. The standard InChI is InChI=1S/C18H18N2OS/c21-18(11-13-12-19-15-6-2-1-5-14(13)15)20-9-3-7-16(20)17-8-4-10-22-17/h1-2,4-6,8,10,12,16,19H,3,7,9,11H2/t16-/m1/s1. The van der Waals surface area contributed by atoms with Crippen molar-refractivity contribution < 1.29 is 4.79 Å². The van der Waals surface area contributed by atoms with E-state index in [0.29, 0.717) is 6.42 Å². The van der Waals surface area contributed by atoms with E-state index in [1.54, 1.807) is 11.3 Å². The minimum atomic E-state index is 0.237. The van der Waals surface area contributed by atoms with E-state index in [-0.39, 0.29) is 11.9 Å². The molecule has 3 heterocycles. The molecule has 0 aliphatic carbocycles. The number of benzene rings is 1. The SMILES string of the molecule is O=C(Cc1c[nH]c2ccccc12)N1CCC[C@@H]1c1cccs1. The van der Waals surface area contributed by atoms with Gasteiger partial charge in [0.15, 0.2) is 0 Å². The maximum absolute atomic E-state index is 12.8. The summed E-state index contributed by atoms with van der Waals surface area (Å²) in [4.78, 5) is 19.4. The fraction of sp³-hybridized carbons (Fsp3) is 0.278. The van der Waals surface area contributed by atoms with Crippen LogP contribution in [0.15, 0.2) is 48.0 Å². The summed E-state index contributed by atoms with van der Waals surface area (Å²) in [5, 5.41) is 3.25. The number of thiophene rings is 1. The number of fused-ring (bicyclic) bond motifs is 1. The average Bonchev–Trinajstić information content (AvgIpc) is 3.27. The summed E-state index contributed by atoms with van der Waals surface area (Å²) in [7, 11) is 0. The molecule has 0 unspecified atom stereocenters. The van der Waals surface area contributed by atoms with Crippen molar-refractivity contribution in [3.8, 4) is 0 Å². The van der Waals surface area contributed by atoms with E-state index in [1.165, 1.54) is 4.88 Å². The van der Waals surface area contributed by atoms with Gasteiger partial charge in [-0.2, -0.15) is 0 Å². The Balaban J connectivity index is 1.57. The largest absolute Gasteiger partial charge is 0.361 e. The fourth-order valence-electron chi connectivity index (χ4n) is 3.38. The molecule has 1 aliphatic heterocycles. The Morgan fingerprint density at radius 2 is 2.18 bits per heavy atom. The highest BCUT2D eigenvalue weighted by molar-refractivity contribution is 7.10. The van der Waals surface area contributed by atoms with Gasteiger partial charge in [-0.3, -0.25) is 4.79 Å². The summed E-state index contributed by atoms with van der Waals surface area (Å²) in [5.74, 6) is 0.237. The van der Waals surface area contributed by atoms with Crippen LogP contribution in [0.3, 0.4) is 0 Å². The second-order valence-corrected chi connectivity index (χ2v) is 6.78. The van der Waals surface area contributed by atoms with Crippen LogP contribution < -0.4 is 0 Å². The third kappa shape index (κ3) is 2.33. The summed E-state index contributed by atoms with van der Waals surface area (Å²) >= 11 is 1.75. The molecule has 0 bridgehead atoms. The minimum Gasteiger partial charge on any atom is -0.361 e. The first-order valence-electron chi connectivity index (χ1n) is 7.71. The summed E-state index contributed by atoms with van der Waals surface area (Å²) in [6.45, 7) is 0.879. The predicted molar refractivity (Wildman–Crippen MR) is 90.0 cm³/mol. The van der Waals surface area contributed by atoms with Crippen LogP contribution in [0, 0.1) is 0 Å². The van der Waals surface area contributed by atoms with Gasteiger partial charge in [-0.1, -0.05) is 24.3 Å². The van der Waals surface area contributed by atoms with Crippen LogP contribution in [-0.2, 0) is 11.2 Å². The Kier molecular flexibility index (Phi) is 3.47. The zero-order valence-corrected chi connectivity index (χ0v) is 13.1. The predicted octanol–water partition coefficient (Wildman–Crippen LogP) is 4.14. The lowest BCUT2D eigenvalue weighted by molar-refractivity contribution is -0.131. The van der Waals surface area contributed by atoms with Crippen molar-refractivity contribution in [1.29, 1.82) is 0 Å². The first-order valence-corrected chi connectivity index (χ1v) is 8.59. The topological polar surface area (TPSA) is 36.1 Å². The number of nitrogens with one attached hydrogen (secondary N) is 1. The number of aromatic nitrogens is 1. The molecule has 2 aromatic heterocycles. The number of carbonyl (C=O) groups is 1. The van der Waals surface area contributed by atoms with Crippen molar-refractivity contribution >= 4 is 28.1 Å². The number of aromatic amines is 1. The van der Waals surface area contributed by atoms with Crippen molar-refractivity contribution in [3.05, 3.63) is 58.4 Å². The van der Waals surface area contributed by atoms with Gasteiger partial charge in [0.25, 0.3) is 0 Å². The van der Waals surface area contributed by atoms with Gasteiger partial charge in [0.2, 0.25) is 5.91 Å². The molecule has 1 N–H and O–H groups in total. The van der Waals surface area contributed by atoms with Crippen LogP contribution in [-0.4, -0.2) is 22.3 Å². The molecule has 1 aromatic carbocycles. The van der Waals surface area contributed by atoms with Gasteiger partial charge in [0.1, 0.15) is 0 Å². The Morgan fingerprint density at radius 1 is 1.27 bits per heavy atom. The quantitative estimate of drug-likeness (QED) is 0.775. The smallest absolute Gasteiger partial charge is 0.227 e. The third-order valence-electron chi connectivity index (χ3n) is 4.46. The molecule has 22 heavy (non-hydrogen) atoms. The Labute approximate surface area is 133 Å². The maximum atomic E-state index is 12.8. The second-order valence-electron chi connectivity index (χ2n) is 5.80. The number of likely N-dealkylation sites (tertiary alicyclic amines) is 1. The lowest BCUT2D eigenvalue weighted by Crippen LogP contribution is -2.31. The van der Waals surface area contributed by atoms with Crippen molar-refractivity contribution in [2.75, 3.05) is 6.54 Å². The van der Waals surface area contributed by atoms with Gasteiger partial charge in [0.05, 0.1) is 12.5 Å². The Hall–Kier alpha value is -2.07. The third-order valence-corrected chi connectivity index (χ3v) is 5.43. The van der Waals surface area contributed by atoms with Crippen molar-refractivity contribution in [1.82, 2.24) is 9.88 Å². The van der Waals surface area contributed by atoms with E-state index >= 15 is 0 Å². The highest BCUT2D eigenvalue weighted by atomic mass is 32.1. The minimum absolute atomic E-state index is 0.237. The molecule has 1 atom stereocenters. The molecule has 0 radical (unpaired) electrons. The molecule has 1 saturated heterocycles. The summed E-state index contributed by atoms with van der Waals surface area (Å²) in [5.41, 5.74) is 2.19. The number of rotatable bonds is 3. The van der Waals surface area contributed by atoms with Crippen LogP contribution in [0.1, 0.15) is 29.3 Å². The van der Waals surface area contributed by atoms with Crippen LogP contribution in [0.4, 0.5) is 0 Å². The van der Waals surface area contributed by atoms with Gasteiger partial charge < -0.3 is 9.88 Å². The molecule has 4 rings (SSSR count). The van der Waals surface area contributed by atoms with E-state index in [1.807, 2.05) is 24.4 Å². The van der Waals surface area contributed by atoms with E-state index in [0.717, 1.165) is 35.9 Å². The summed E-state index contributed by atoms with van der Waals surface area (Å²) < 4.78 is 0. The van der Waals surface area contributed by atoms with Crippen LogP contribution in [0.2, 0.25) is 0 Å². The highest BCUT2D eigenvalue weighted by Gasteiger charge is 2.30. The first-order chi connectivity index (χ1) is 10.8. The average molecular weight is 310 g/mol. The lowest BCUT2D eigenvalue weighted by atomic mass is 10.1. The molecule has 1 amide bonds. The van der Waals surface area contributed by atoms with E-state index < -0.39 is 0 Å². The molecule has 0 saturated carbocycles. The summed E-state index contributed by atoms with van der Waals surface area (Å²) in [6.07, 6.45) is 4.63. The van der Waals surface area contributed by atoms with Gasteiger partial charge >= 0.3 is 0 Å². The number of carbonyl (C=O) groups excluding carboxylic acids is 1. The van der Waals surface area contributed by atoms with Gasteiger partial charge in [-0.05, 0) is 35.9 Å². The lowest BCUT2D eigenvalue weighted by Gasteiger charge is -2.24. The van der Waals surface area contributed by atoms with Crippen molar-refractivity contribution in [2.24, 2.45) is 0 Å². The van der Waals surface area contributed by atoms with E-state index in [2.05, 4.69) is 33.5 Å².